The van der Waals surface area contributed by atoms with Gasteiger partial charge in [0.2, 0.25) is 11.7 Å². The summed E-state index contributed by atoms with van der Waals surface area (Å²) >= 11 is 0. The van der Waals surface area contributed by atoms with Crippen molar-refractivity contribution in [3.05, 3.63) is 34.5 Å². The number of phenolic OH excluding ortho intramolecular Hbond substituents is 2. The zero-order valence-corrected chi connectivity index (χ0v) is 15.5. The number of fused-ring (bicyclic) bond motifs is 2. The summed E-state index contributed by atoms with van der Waals surface area (Å²) < 4.78 is 22.4. The molecule has 3 atom stereocenters. The molecule has 9 nitrogen and oxygen atoms in total. The predicted octanol–water partition coefficient (Wildman–Crippen LogP) is 1.60. The summed E-state index contributed by atoms with van der Waals surface area (Å²) in [5.41, 5.74) is -0.693. The first-order valence-corrected chi connectivity index (χ1v) is 9.01. The number of methoxy groups -OCH3 is 1. The van der Waals surface area contributed by atoms with E-state index in [1.165, 1.54) is 31.4 Å². The lowest BCUT2D eigenvalue weighted by Gasteiger charge is -2.32. The lowest BCUT2D eigenvalue weighted by atomic mass is 10.1. The molecule has 2 heterocycles. The number of hydrogen-bond donors (Lipinski definition) is 4. The van der Waals surface area contributed by atoms with Crippen LogP contribution in [0.2, 0.25) is 0 Å². The molecule has 4 rings (SSSR count). The number of aliphatic hydroxyl groups excluding tert-OH is 2. The molecule has 0 radical (unpaired) electrons. The van der Waals surface area contributed by atoms with Crippen LogP contribution in [0.15, 0.2) is 33.5 Å². The van der Waals surface area contributed by atoms with Crippen LogP contribution in [0.1, 0.15) is 12.8 Å². The lowest BCUT2D eigenvalue weighted by molar-refractivity contribution is -0.184. The van der Waals surface area contributed by atoms with E-state index in [4.69, 9.17) is 18.6 Å². The SMILES string of the molecule is COc1cc(OC2CC(O)CC(CO)O2)c2c(=O)c3c(O)ccc(O)c3oc2c1. The van der Waals surface area contributed by atoms with E-state index in [1.54, 1.807) is 0 Å². The number of aromatic hydroxyl groups is 2. The third-order valence-electron chi connectivity index (χ3n) is 4.86. The Balaban J connectivity index is 1.90. The second-order valence-corrected chi connectivity index (χ2v) is 6.85. The van der Waals surface area contributed by atoms with Crippen molar-refractivity contribution in [2.24, 2.45) is 0 Å². The average Bonchev–Trinajstić information content (AvgIpc) is 2.69. The Bertz CT molecular complexity index is 1120. The van der Waals surface area contributed by atoms with Gasteiger partial charge in [0, 0.05) is 25.0 Å². The average molecular weight is 404 g/mol. The van der Waals surface area contributed by atoms with Gasteiger partial charge in [0.25, 0.3) is 0 Å². The summed E-state index contributed by atoms with van der Waals surface area (Å²) in [5.74, 6) is -0.259. The fraction of sp³-hybridized carbons (Fsp3) is 0.350. The minimum atomic E-state index is -0.918. The molecule has 9 heteroatoms. The highest BCUT2D eigenvalue weighted by molar-refractivity contribution is 5.98. The van der Waals surface area contributed by atoms with Gasteiger partial charge in [-0.3, -0.25) is 4.79 Å². The monoisotopic (exact) mass is 404 g/mol. The van der Waals surface area contributed by atoms with Crippen molar-refractivity contribution >= 4 is 21.9 Å². The number of ether oxygens (including phenoxy) is 3. The second kappa shape index (κ2) is 7.43. The van der Waals surface area contributed by atoms with E-state index in [1.807, 2.05) is 0 Å². The standard InChI is InChI=1S/C20H20O9/c1-26-10-6-14(28-16-5-9(22)4-11(8-21)27-16)18-15(7-10)29-20-13(24)3-2-12(23)17(20)19(18)25/h2-3,6-7,9,11,16,21-24H,4-5,8H2,1H3. The number of phenols is 2. The quantitative estimate of drug-likeness (QED) is 0.377. The highest BCUT2D eigenvalue weighted by Crippen LogP contribution is 2.37. The van der Waals surface area contributed by atoms with Crippen LogP contribution in [0.5, 0.6) is 23.0 Å². The van der Waals surface area contributed by atoms with Gasteiger partial charge in [-0.25, -0.2) is 0 Å². The van der Waals surface area contributed by atoms with Crippen molar-refractivity contribution < 1.29 is 39.1 Å². The van der Waals surface area contributed by atoms with Gasteiger partial charge in [0.1, 0.15) is 33.6 Å². The summed E-state index contributed by atoms with van der Waals surface area (Å²) in [5, 5.41) is 39.3. The van der Waals surface area contributed by atoms with E-state index in [9.17, 15) is 25.2 Å². The molecule has 4 N–H and O–H groups in total. The van der Waals surface area contributed by atoms with E-state index in [2.05, 4.69) is 0 Å². The molecule has 0 bridgehead atoms. The van der Waals surface area contributed by atoms with Crippen molar-refractivity contribution in [2.45, 2.75) is 31.3 Å². The fourth-order valence-electron chi connectivity index (χ4n) is 3.48. The number of hydrogen-bond acceptors (Lipinski definition) is 9. The zero-order chi connectivity index (χ0) is 20.7. The topological polar surface area (TPSA) is 139 Å². The highest BCUT2D eigenvalue weighted by Gasteiger charge is 2.30. The summed E-state index contributed by atoms with van der Waals surface area (Å²) in [4.78, 5) is 13.1. The Morgan fingerprint density at radius 3 is 2.62 bits per heavy atom. The smallest absolute Gasteiger partial charge is 0.208 e. The molecule has 1 aliphatic rings. The predicted molar refractivity (Wildman–Crippen MR) is 101 cm³/mol. The van der Waals surface area contributed by atoms with Gasteiger partial charge in [-0.05, 0) is 12.1 Å². The van der Waals surface area contributed by atoms with Crippen LogP contribution in [0, 0.1) is 0 Å². The molecule has 0 spiro atoms. The molecule has 0 aliphatic carbocycles. The van der Waals surface area contributed by atoms with Crippen LogP contribution in [0.4, 0.5) is 0 Å². The first-order valence-electron chi connectivity index (χ1n) is 9.01. The number of aliphatic hydroxyl groups is 2. The summed E-state index contributed by atoms with van der Waals surface area (Å²) in [7, 11) is 1.43. The van der Waals surface area contributed by atoms with Crippen molar-refractivity contribution in [1.82, 2.24) is 0 Å². The van der Waals surface area contributed by atoms with Crippen molar-refractivity contribution in [1.29, 1.82) is 0 Å². The lowest BCUT2D eigenvalue weighted by Crippen LogP contribution is -2.40. The molecule has 1 aromatic heterocycles. The number of rotatable bonds is 4. The van der Waals surface area contributed by atoms with Crippen LogP contribution >= 0.6 is 0 Å². The molecule has 2 aromatic carbocycles. The summed E-state index contributed by atoms with van der Waals surface area (Å²) in [6.07, 6.45) is -1.84. The molecule has 154 valence electrons. The van der Waals surface area contributed by atoms with E-state index in [-0.39, 0.29) is 58.6 Å². The Hall–Kier alpha value is -3.01. The van der Waals surface area contributed by atoms with E-state index >= 15 is 0 Å². The van der Waals surface area contributed by atoms with E-state index in [0.29, 0.717) is 5.75 Å². The third kappa shape index (κ3) is 3.44. The fourth-order valence-corrected chi connectivity index (χ4v) is 3.48. The second-order valence-electron chi connectivity index (χ2n) is 6.85. The van der Waals surface area contributed by atoms with Gasteiger partial charge >= 0.3 is 0 Å². The van der Waals surface area contributed by atoms with Crippen LogP contribution in [-0.2, 0) is 4.74 Å². The van der Waals surface area contributed by atoms with Crippen LogP contribution < -0.4 is 14.9 Å². The van der Waals surface area contributed by atoms with Gasteiger partial charge in [-0.1, -0.05) is 0 Å². The minimum Gasteiger partial charge on any atom is -0.507 e. The first kappa shape index (κ1) is 19.3. The van der Waals surface area contributed by atoms with E-state index in [0.717, 1.165) is 0 Å². The molecular formula is C20H20O9. The maximum absolute atomic E-state index is 13.1. The van der Waals surface area contributed by atoms with Crippen molar-refractivity contribution in [3.63, 3.8) is 0 Å². The molecule has 1 aliphatic heterocycles. The zero-order valence-electron chi connectivity index (χ0n) is 15.5. The van der Waals surface area contributed by atoms with Gasteiger partial charge in [0.05, 0.1) is 25.9 Å². The van der Waals surface area contributed by atoms with Gasteiger partial charge in [-0.15, -0.1) is 0 Å². The van der Waals surface area contributed by atoms with Crippen molar-refractivity contribution in [2.75, 3.05) is 13.7 Å². The van der Waals surface area contributed by atoms with Crippen LogP contribution in [0.3, 0.4) is 0 Å². The Kier molecular flexibility index (Phi) is 4.95. The van der Waals surface area contributed by atoms with Crippen LogP contribution in [-0.4, -0.2) is 52.6 Å². The normalized spacial score (nSPS) is 22.1. The summed E-state index contributed by atoms with van der Waals surface area (Å²) in [6, 6.07) is 5.33. The maximum Gasteiger partial charge on any atom is 0.208 e. The van der Waals surface area contributed by atoms with Crippen LogP contribution in [0.25, 0.3) is 21.9 Å². The number of benzene rings is 2. The Morgan fingerprint density at radius 1 is 1.14 bits per heavy atom. The molecule has 3 unspecified atom stereocenters. The molecule has 1 fully saturated rings. The third-order valence-corrected chi connectivity index (χ3v) is 4.86. The Labute approximate surface area is 164 Å². The minimum absolute atomic E-state index is 0.0170. The van der Waals surface area contributed by atoms with Gasteiger partial charge < -0.3 is 39.1 Å². The van der Waals surface area contributed by atoms with Gasteiger partial charge in [-0.2, -0.15) is 0 Å². The molecule has 3 aromatic rings. The largest absolute Gasteiger partial charge is 0.507 e. The summed E-state index contributed by atoms with van der Waals surface area (Å²) in [6.45, 7) is -0.282. The van der Waals surface area contributed by atoms with E-state index < -0.39 is 23.9 Å². The molecule has 0 saturated carbocycles. The molecule has 1 saturated heterocycles. The highest BCUT2D eigenvalue weighted by atomic mass is 16.7. The first-order chi connectivity index (χ1) is 13.9. The molecule has 29 heavy (non-hydrogen) atoms. The van der Waals surface area contributed by atoms with Crippen molar-refractivity contribution in [3.8, 4) is 23.0 Å². The van der Waals surface area contributed by atoms with Gasteiger partial charge in [0.15, 0.2) is 11.3 Å². The molecular weight excluding hydrogens is 384 g/mol. The maximum atomic E-state index is 13.1. The Morgan fingerprint density at radius 2 is 1.90 bits per heavy atom. The molecule has 0 amide bonds.